The van der Waals surface area contributed by atoms with Gasteiger partial charge in [-0.15, -0.1) is 0 Å². The van der Waals surface area contributed by atoms with Crippen molar-refractivity contribution < 1.29 is 15.1 Å². The van der Waals surface area contributed by atoms with E-state index in [1.54, 1.807) is 0 Å². The molecule has 2 unspecified atom stereocenters. The van der Waals surface area contributed by atoms with E-state index in [1.165, 1.54) is 12.1 Å². The van der Waals surface area contributed by atoms with Crippen LogP contribution in [-0.2, 0) is 11.2 Å². The zero-order valence-corrected chi connectivity index (χ0v) is 17.3. The molecule has 1 fully saturated rings. The van der Waals surface area contributed by atoms with Gasteiger partial charge in [0.2, 0.25) is 0 Å². The van der Waals surface area contributed by atoms with Gasteiger partial charge in [-0.05, 0) is 29.7 Å². The monoisotopic (exact) mass is 442 g/mol. The van der Waals surface area contributed by atoms with Gasteiger partial charge in [0.15, 0.2) is 0 Å². The number of hydrogen-bond acceptors (Lipinski definition) is 4. The number of β-amino-alcohol motifs (C(OH)–C–C–N with tert-alkyl or cyclic N) is 1. The third-order valence-corrected chi connectivity index (χ3v) is 5.74. The number of halogens is 3. The summed E-state index contributed by atoms with van der Waals surface area (Å²) in [5.74, 6) is -0.528. The predicted octanol–water partition coefficient (Wildman–Crippen LogP) is 4.22. The number of benzene rings is 2. The van der Waals surface area contributed by atoms with Crippen LogP contribution >= 0.6 is 34.8 Å². The normalized spacial score (nSPS) is 18.2. The molecular weight excluding hydrogens is 423 g/mol. The van der Waals surface area contributed by atoms with Crippen LogP contribution in [0.25, 0.3) is 0 Å². The highest BCUT2D eigenvalue weighted by atomic mass is 35.5. The molecule has 1 amide bonds. The van der Waals surface area contributed by atoms with Crippen molar-refractivity contribution >= 4 is 40.7 Å². The van der Waals surface area contributed by atoms with E-state index in [2.05, 4.69) is 0 Å². The second-order valence-corrected chi connectivity index (χ2v) is 8.14. The molecule has 2 aromatic carbocycles. The molecule has 1 aliphatic rings. The van der Waals surface area contributed by atoms with Crippen LogP contribution in [0, 0.1) is 0 Å². The Morgan fingerprint density at radius 3 is 2.39 bits per heavy atom. The van der Waals surface area contributed by atoms with Gasteiger partial charge in [0.25, 0.3) is 5.91 Å². The van der Waals surface area contributed by atoms with Crippen LogP contribution in [0.5, 0.6) is 0 Å². The lowest BCUT2D eigenvalue weighted by Gasteiger charge is -2.30. The number of hydroxylamine groups is 2. The highest BCUT2D eigenvalue weighted by Gasteiger charge is 2.30. The molecule has 0 radical (unpaired) electrons. The Morgan fingerprint density at radius 1 is 1.18 bits per heavy atom. The maximum absolute atomic E-state index is 12.8. The average molecular weight is 444 g/mol. The number of aliphatic hydroxyl groups is 1. The van der Waals surface area contributed by atoms with Crippen molar-refractivity contribution in [2.75, 3.05) is 19.6 Å². The molecule has 150 valence electrons. The van der Waals surface area contributed by atoms with E-state index in [4.69, 9.17) is 34.8 Å². The Balaban J connectivity index is 1.80. The molecule has 1 heterocycles. The summed E-state index contributed by atoms with van der Waals surface area (Å²) in [6.07, 6.45) is 0.139. The third kappa shape index (κ3) is 5.17. The standard InChI is InChI=1S/C20H21Cl3N2O3/c21-14-8-17(22)16(18(23)9-14)10-20(27)25(28)19(13-4-2-1-3-5-13)12-24-7-6-15(26)11-24/h1-5,8-9,15,19,26,28H,6-7,10-12H2. The zero-order chi connectivity index (χ0) is 20.3. The molecule has 2 N–H and O–H groups in total. The molecule has 28 heavy (non-hydrogen) atoms. The van der Waals surface area contributed by atoms with Gasteiger partial charge in [0, 0.05) is 34.7 Å². The smallest absolute Gasteiger partial charge is 0.251 e. The topological polar surface area (TPSA) is 64.0 Å². The highest BCUT2D eigenvalue weighted by molar-refractivity contribution is 6.39. The Hall–Kier alpha value is -1.34. The number of nitrogens with zero attached hydrogens (tertiary/aromatic N) is 2. The molecule has 1 saturated heterocycles. The highest BCUT2D eigenvalue weighted by Crippen LogP contribution is 2.31. The number of hydrogen-bond donors (Lipinski definition) is 2. The molecule has 0 spiro atoms. The molecule has 0 aromatic heterocycles. The van der Waals surface area contributed by atoms with E-state index < -0.39 is 11.9 Å². The Morgan fingerprint density at radius 2 is 1.82 bits per heavy atom. The fraction of sp³-hybridized carbons (Fsp3) is 0.350. The minimum atomic E-state index is -0.580. The van der Waals surface area contributed by atoms with Crippen molar-refractivity contribution in [3.05, 3.63) is 68.7 Å². The Kier molecular flexibility index (Phi) is 7.20. The molecule has 8 heteroatoms. The molecule has 0 aliphatic carbocycles. The summed E-state index contributed by atoms with van der Waals surface area (Å²) in [6.45, 7) is 1.63. The SMILES string of the molecule is O=C(Cc1c(Cl)cc(Cl)cc1Cl)N(O)C(CN1CCC(O)C1)c1ccccc1. The van der Waals surface area contributed by atoms with Crippen LogP contribution in [0.1, 0.15) is 23.6 Å². The summed E-state index contributed by atoms with van der Waals surface area (Å²) >= 11 is 18.3. The van der Waals surface area contributed by atoms with Crippen LogP contribution in [0.4, 0.5) is 0 Å². The minimum absolute atomic E-state index is 0.155. The average Bonchev–Trinajstić information content (AvgIpc) is 3.07. The number of aliphatic hydroxyl groups excluding tert-OH is 1. The van der Waals surface area contributed by atoms with Gasteiger partial charge in [0.1, 0.15) is 0 Å². The van der Waals surface area contributed by atoms with Crippen molar-refractivity contribution in [1.82, 2.24) is 9.96 Å². The lowest BCUT2D eigenvalue weighted by atomic mass is 10.0. The van der Waals surface area contributed by atoms with Crippen LogP contribution in [-0.4, -0.2) is 51.9 Å². The van der Waals surface area contributed by atoms with Crippen molar-refractivity contribution in [1.29, 1.82) is 0 Å². The second kappa shape index (κ2) is 9.44. The van der Waals surface area contributed by atoms with Crippen LogP contribution < -0.4 is 0 Å². The predicted molar refractivity (Wildman–Crippen MR) is 110 cm³/mol. The molecule has 5 nitrogen and oxygen atoms in total. The third-order valence-electron chi connectivity index (χ3n) is 4.85. The van der Waals surface area contributed by atoms with Crippen molar-refractivity contribution in [2.24, 2.45) is 0 Å². The Labute approximate surface area is 179 Å². The molecule has 1 aliphatic heterocycles. The summed E-state index contributed by atoms with van der Waals surface area (Å²) in [6, 6.07) is 11.7. The van der Waals surface area contributed by atoms with E-state index in [0.29, 0.717) is 36.6 Å². The van der Waals surface area contributed by atoms with E-state index >= 15 is 0 Å². The summed E-state index contributed by atoms with van der Waals surface area (Å²) < 4.78 is 0. The summed E-state index contributed by atoms with van der Waals surface area (Å²) in [4.78, 5) is 14.8. The lowest BCUT2D eigenvalue weighted by Crippen LogP contribution is -2.40. The van der Waals surface area contributed by atoms with Gasteiger partial charge >= 0.3 is 0 Å². The molecule has 0 saturated carbocycles. The van der Waals surface area contributed by atoms with E-state index in [1.807, 2.05) is 35.2 Å². The Bertz CT molecular complexity index is 812. The van der Waals surface area contributed by atoms with Gasteiger partial charge < -0.3 is 5.11 Å². The minimum Gasteiger partial charge on any atom is -0.392 e. The summed E-state index contributed by atoms with van der Waals surface area (Å²) in [7, 11) is 0. The number of carbonyl (C=O) groups is 1. The quantitative estimate of drug-likeness (QED) is 0.518. The first kappa shape index (κ1) is 21.4. The van der Waals surface area contributed by atoms with E-state index in [0.717, 1.165) is 10.6 Å². The largest absolute Gasteiger partial charge is 0.392 e. The van der Waals surface area contributed by atoms with Gasteiger partial charge in [-0.1, -0.05) is 65.1 Å². The summed E-state index contributed by atoms with van der Waals surface area (Å²) in [5, 5.41) is 22.2. The molecular formula is C20H21Cl3N2O3. The summed E-state index contributed by atoms with van der Waals surface area (Å²) in [5.41, 5.74) is 1.22. The van der Waals surface area contributed by atoms with Crippen LogP contribution in [0.3, 0.4) is 0 Å². The fourth-order valence-corrected chi connectivity index (χ4v) is 4.32. The number of rotatable bonds is 6. The first-order valence-corrected chi connectivity index (χ1v) is 10.1. The molecule has 3 rings (SSSR count). The van der Waals surface area contributed by atoms with Crippen molar-refractivity contribution in [3.8, 4) is 0 Å². The molecule has 2 aromatic rings. The van der Waals surface area contributed by atoms with Crippen LogP contribution in [0.15, 0.2) is 42.5 Å². The van der Waals surface area contributed by atoms with Gasteiger partial charge in [-0.3, -0.25) is 14.9 Å². The molecule has 0 bridgehead atoms. The second-order valence-electron chi connectivity index (χ2n) is 6.89. The van der Waals surface area contributed by atoms with Gasteiger partial charge in [-0.25, -0.2) is 5.06 Å². The van der Waals surface area contributed by atoms with Crippen molar-refractivity contribution in [2.45, 2.75) is 25.0 Å². The van der Waals surface area contributed by atoms with E-state index in [-0.39, 0.29) is 22.6 Å². The first-order chi connectivity index (χ1) is 13.3. The van der Waals surface area contributed by atoms with Crippen LogP contribution in [0.2, 0.25) is 15.1 Å². The van der Waals surface area contributed by atoms with Gasteiger partial charge in [0.05, 0.1) is 18.6 Å². The number of likely N-dealkylation sites (tertiary alicyclic amines) is 1. The van der Waals surface area contributed by atoms with Gasteiger partial charge in [-0.2, -0.15) is 0 Å². The maximum atomic E-state index is 12.8. The van der Waals surface area contributed by atoms with Crippen molar-refractivity contribution in [3.63, 3.8) is 0 Å². The maximum Gasteiger partial charge on any atom is 0.251 e. The first-order valence-electron chi connectivity index (χ1n) is 8.95. The number of carbonyl (C=O) groups excluding carboxylic acids is 1. The lowest BCUT2D eigenvalue weighted by molar-refractivity contribution is -0.177. The fourth-order valence-electron chi connectivity index (χ4n) is 3.37. The zero-order valence-electron chi connectivity index (χ0n) is 15.1. The van der Waals surface area contributed by atoms with E-state index in [9.17, 15) is 15.1 Å². The number of amides is 1. The molecule has 2 atom stereocenters.